The van der Waals surface area contributed by atoms with E-state index in [0.29, 0.717) is 13.0 Å². The van der Waals surface area contributed by atoms with Gasteiger partial charge >= 0.3 is 5.97 Å². The van der Waals surface area contributed by atoms with Crippen LogP contribution in [-0.2, 0) is 9.53 Å². The molecule has 0 radical (unpaired) electrons. The van der Waals surface area contributed by atoms with Gasteiger partial charge in [-0.15, -0.1) is 17.0 Å². The van der Waals surface area contributed by atoms with E-state index in [-0.39, 0.29) is 23.0 Å². The highest BCUT2D eigenvalue weighted by Gasteiger charge is 1.98. The van der Waals surface area contributed by atoms with E-state index in [1.807, 2.05) is 6.92 Å². The van der Waals surface area contributed by atoms with Crippen molar-refractivity contribution in [3.05, 3.63) is 0 Å². The molecule has 3 heteroatoms. The monoisotopic (exact) mass is 224 g/mol. The Hall–Kier alpha value is -0.0500. The highest BCUT2D eigenvalue weighted by Crippen LogP contribution is 1.99. The minimum atomic E-state index is -0.0593. The van der Waals surface area contributed by atoms with E-state index in [1.54, 1.807) is 0 Å². The first kappa shape index (κ1) is 13.5. The molecule has 0 amide bonds. The Morgan fingerprint density at radius 2 is 1.91 bits per heavy atom. The van der Waals surface area contributed by atoms with E-state index in [2.05, 4.69) is 6.92 Å². The molecule has 0 aliphatic carbocycles. The first-order chi connectivity index (χ1) is 4.81. The molecule has 0 N–H and O–H groups in total. The standard InChI is InChI=1S/C8H16O2.BrH/c1-3-5-6-7-8(9)10-4-2;/h3-7H2,1-2H3;1H. The zero-order chi connectivity index (χ0) is 7.82. The molecule has 0 unspecified atom stereocenters. The lowest BCUT2D eigenvalue weighted by atomic mass is 10.2. The second-order valence-corrected chi connectivity index (χ2v) is 2.26. The molecule has 0 rings (SSSR count). The Morgan fingerprint density at radius 3 is 2.36 bits per heavy atom. The van der Waals surface area contributed by atoms with E-state index < -0.39 is 0 Å². The highest BCUT2D eigenvalue weighted by molar-refractivity contribution is 8.93. The van der Waals surface area contributed by atoms with Gasteiger partial charge in [-0.2, -0.15) is 0 Å². The minimum absolute atomic E-state index is 0. The summed E-state index contributed by atoms with van der Waals surface area (Å²) in [4.78, 5) is 10.7. The molecular weight excluding hydrogens is 208 g/mol. The van der Waals surface area contributed by atoms with Crippen LogP contribution in [0.1, 0.15) is 39.5 Å². The number of ether oxygens (including phenoxy) is 1. The van der Waals surface area contributed by atoms with E-state index in [4.69, 9.17) is 4.74 Å². The molecule has 0 saturated carbocycles. The van der Waals surface area contributed by atoms with Crippen LogP contribution in [0.4, 0.5) is 0 Å². The maximum atomic E-state index is 10.7. The number of rotatable bonds is 5. The van der Waals surface area contributed by atoms with Crippen LogP contribution in [-0.4, -0.2) is 12.6 Å². The van der Waals surface area contributed by atoms with Gasteiger partial charge in [0.15, 0.2) is 0 Å². The minimum Gasteiger partial charge on any atom is -0.466 e. The van der Waals surface area contributed by atoms with Gasteiger partial charge in [-0.1, -0.05) is 19.8 Å². The fraction of sp³-hybridized carbons (Fsp3) is 0.875. The summed E-state index contributed by atoms with van der Waals surface area (Å²) in [5.41, 5.74) is 0. The third-order valence-corrected chi connectivity index (χ3v) is 1.29. The Bertz CT molecular complexity index is 94.1. The Morgan fingerprint density at radius 1 is 1.27 bits per heavy atom. The predicted molar refractivity (Wildman–Crippen MR) is 51.1 cm³/mol. The van der Waals surface area contributed by atoms with Crippen LogP contribution in [0.25, 0.3) is 0 Å². The Kier molecular flexibility index (Phi) is 12.2. The molecule has 68 valence electrons. The lowest BCUT2D eigenvalue weighted by molar-refractivity contribution is -0.143. The average molecular weight is 225 g/mol. The molecule has 0 atom stereocenters. The number of esters is 1. The van der Waals surface area contributed by atoms with Gasteiger partial charge < -0.3 is 4.74 Å². The molecule has 0 fully saturated rings. The van der Waals surface area contributed by atoms with E-state index in [0.717, 1.165) is 19.3 Å². The van der Waals surface area contributed by atoms with Crippen molar-refractivity contribution in [3.8, 4) is 0 Å². The van der Waals surface area contributed by atoms with Crippen molar-refractivity contribution in [1.29, 1.82) is 0 Å². The van der Waals surface area contributed by atoms with Crippen molar-refractivity contribution in [2.24, 2.45) is 0 Å². The fourth-order valence-electron chi connectivity index (χ4n) is 0.752. The summed E-state index contributed by atoms with van der Waals surface area (Å²) in [6.45, 7) is 4.45. The normalized spacial score (nSPS) is 8.55. The quantitative estimate of drug-likeness (QED) is 0.531. The number of unbranched alkanes of at least 4 members (excludes halogenated alkanes) is 2. The van der Waals surface area contributed by atoms with Crippen molar-refractivity contribution in [3.63, 3.8) is 0 Å². The summed E-state index contributed by atoms with van der Waals surface area (Å²) in [5, 5.41) is 0. The third kappa shape index (κ3) is 9.95. The van der Waals surface area contributed by atoms with Crippen LogP contribution in [0.3, 0.4) is 0 Å². The molecule has 0 aromatic carbocycles. The van der Waals surface area contributed by atoms with Crippen LogP contribution in [0.5, 0.6) is 0 Å². The summed E-state index contributed by atoms with van der Waals surface area (Å²) in [6.07, 6.45) is 3.83. The average Bonchev–Trinajstić information content (AvgIpc) is 1.89. The van der Waals surface area contributed by atoms with Gasteiger partial charge in [-0.3, -0.25) is 4.79 Å². The molecule has 0 aromatic rings. The maximum Gasteiger partial charge on any atom is 0.305 e. The molecular formula is C8H17BrO2. The molecule has 2 nitrogen and oxygen atoms in total. The smallest absolute Gasteiger partial charge is 0.305 e. The second kappa shape index (κ2) is 9.95. The van der Waals surface area contributed by atoms with E-state index in [9.17, 15) is 4.79 Å². The molecule has 0 aliphatic rings. The van der Waals surface area contributed by atoms with Crippen LogP contribution in [0, 0.1) is 0 Å². The van der Waals surface area contributed by atoms with Gasteiger partial charge in [-0.25, -0.2) is 0 Å². The number of halogens is 1. The molecule has 0 bridgehead atoms. The zero-order valence-corrected chi connectivity index (χ0v) is 8.97. The fourth-order valence-corrected chi connectivity index (χ4v) is 0.752. The molecule has 0 aromatic heterocycles. The van der Waals surface area contributed by atoms with Crippen LogP contribution in [0.15, 0.2) is 0 Å². The second-order valence-electron chi connectivity index (χ2n) is 2.26. The lowest BCUT2D eigenvalue weighted by Gasteiger charge is -1.99. The lowest BCUT2D eigenvalue weighted by Crippen LogP contribution is -2.02. The predicted octanol–water partition coefficient (Wildman–Crippen LogP) is 2.71. The van der Waals surface area contributed by atoms with Gasteiger partial charge in [0.25, 0.3) is 0 Å². The van der Waals surface area contributed by atoms with Crippen LogP contribution in [0.2, 0.25) is 0 Å². The van der Waals surface area contributed by atoms with Gasteiger partial charge in [0.1, 0.15) is 0 Å². The third-order valence-electron chi connectivity index (χ3n) is 1.29. The van der Waals surface area contributed by atoms with Gasteiger partial charge in [0.05, 0.1) is 6.61 Å². The van der Waals surface area contributed by atoms with Crippen molar-refractivity contribution >= 4 is 23.0 Å². The summed E-state index contributed by atoms with van der Waals surface area (Å²) < 4.78 is 4.75. The Labute approximate surface area is 79.1 Å². The van der Waals surface area contributed by atoms with Crippen LogP contribution < -0.4 is 0 Å². The summed E-state index contributed by atoms with van der Waals surface area (Å²) >= 11 is 0. The first-order valence-electron chi connectivity index (χ1n) is 3.96. The van der Waals surface area contributed by atoms with Crippen molar-refractivity contribution in [2.75, 3.05) is 6.61 Å². The van der Waals surface area contributed by atoms with Crippen molar-refractivity contribution in [1.82, 2.24) is 0 Å². The van der Waals surface area contributed by atoms with Gasteiger partial charge in [0.2, 0.25) is 0 Å². The maximum absolute atomic E-state index is 10.7. The van der Waals surface area contributed by atoms with Crippen LogP contribution >= 0.6 is 17.0 Å². The topological polar surface area (TPSA) is 26.3 Å². The van der Waals surface area contributed by atoms with Gasteiger partial charge in [0, 0.05) is 6.42 Å². The zero-order valence-electron chi connectivity index (χ0n) is 7.26. The summed E-state index contributed by atoms with van der Waals surface area (Å²) in [7, 11) is 0. The molecule has 0 aliphatic heterocycles. The van der Waals surface area contributed by atoms with Crippen molar-refractivity contribution in [2.45, 2.75) is 39.5 Å². The SMILES string of the molecule is Br.CCCCCC(=O)OCC. The largest absolute Gasteiger partial charge is 0.466 e. The number of carbonyl (C=O) groups is 1. The number of carbonyl (C=O) groups excluding carboxylic acids is 1. The van der Waals surface area contributed by atoms with Crippen molar-refractivity contribution < 1.29 is 9.53 Å². The number of hydrogen-bond donors (Lipinski definition) is 0. The van der Waals surface area contributed by atoms with E-state index >= 15 is 0 Å². The number of hydrogen-bond acceptors (Lipinski definition) is 2. The molecule has 0 saturated heterocycles. The summed E-state index contributed by atoms with van der Waals surface area (Å²) in [5.74, 6) is -0.0593. The highest BCUT2D eigenvalue weighted by atomic mass is 79.9. The molecule has 11 heavy (non-hydrogen) atoms. The molecule has 0 spiro atoms. The van der Waals surface area contributed by atoms with Gasteiger partial charge in [-0.05, 0) is 13.3 Å². The Balaban J connectivity index is 0. The molecule has 0 heterocycles. The summed E-state index contributed by atoms with van der Waals surface area (Å²) in [6, 6.07) is 0. The first-order valence-corrected chi connectivity index (χ1v) is 3.96. The van der Waals surface area contributed by atoms with E-state index in [1.165, 1.54) is 0 Å².